The highest BCUT2D eigenvalue weighted by atomic mass is 16.7. The highest BCUT2D eigenvalue weighted by Gasteiger charge is 2.44. The minimum Gasteiger partial charge on any atom is -0.461 e. The van der Waals surface area contributed by atoms with Gasteiger partial charge in [0, 0.05) is 14.0 Å². The van der Waals surface area contributed by atoms with Crippen LogP contribution < -0.4 is 5.32 Å². The molecule has 0 spiro atoms. The number of carbonyl (C=O) groups is 2. The summed E-state index contributed by atoms with van der Waals surface area (Å²) >= 11 is 0. The molecule has 1 heterocycles. The van der Waals surface area contributed by atoms with Crippen LogP contribution in [0.5, 0.6) is 0 Å². The van der Waals surface area contributed by atoms with Crippen molar-refractivity contribution in [1.82, 2.24) is 5.32 Å². The first-order chi connectivity index (χ1) is 9.77. The third kappa shape index (κ3) is 4.61. The summed E-state index contributed by atoms with van der Waals surface area (Å²) in [7, 11) is 1.26. The molecule has 9 nitrogen and oxygen atoms in total. The predicted molar refractivity (Wildman–Crippen MR) is 67.9 cm³/mol. The minimum absolute atomic E-state index is 0.354. The first kappa shape index (κ1) is 17.8. The van der Waals surface area contributed by atoms with E-state index in [0.29, 0.717) is 0 Å². The largest absolute Gasteiger partial charge is 0.461 e. The Hall–Kier alpha value is -1.26. The van der Waals surface area contributed by atoms with Crippen molar-refractivity contribution in [2.24, 2.45) is 0 Å². The van der Waals surface area contributed by atoms with E-state index >= 15 is 0 Å². The third-order valence-electron chi connectivity index (χ3n) is 3.06. The smallest absolute Gasteiger partial charge is 0.328 e. The monoisotopic (exact) mass is 307 g/mol. The topological polar surface area (TPSA) is 135 Å². The van der Waals surface area contributed by atoms with E-state index in [0.717, 1.165) is 0 Å². The van der Waals surface area contributed by atoms with E-state index in [1.54, 1.807) is 0 Å². The van der Waals surface area contributed by atoms with Crippen molar-refractivity contribution in [2.45, 2.75) is 50.6 Å². The Kier molecular flexibility index (Phi) is 6.49. The molecule has 1 aliphatic heterocycles. The first-order valence-corrected chi connectivity index (χ1v) is 6.44. The van der Waals surface area contributed by atoms with Crippen LogP contribution in [0.4, 0.5) is 0 Å². The van der Waals surface area contributed by atoms with E-state index in [4.69, 9.17) is 14.2 Å². The van der Waals surface area contributed by atoms with Crippen molar-refractivity contribution in [2.75, 3.05) is 13.7 Å². The molecule has 6 atom stereocenters. The molecule has 4 N–H and O–H groups in total. The summed E-state index contributed by atoms with van der Waals surface area (Å²) in [6.07, 6.45) is -6.52. The van der Waals surface area contributed by atoms with E-state index in [9.17, 15) is 24.9 Å². The van der Waals surface area contributed by atoms with Crippen LogP contribution in [0.15, 0.2) is 0 Å². The number of ether oxygens (including phenoxy) is 3. The van der Waals surface area contributed by atoms with E-state index in [2.05, 4.69) is 5.32 Å². The van der Waals surface area contributed by atoms with Gasteiger partial charge in [0.1, 0.15) is 37.1 Å². The maximum Gasteiger partial charge on any atom is 0.328 e. The minimum atomic E-state index is -1.49. The molecule has 0 saturated carbocycles. The van der Waals surface area contributed by atoms with E-state index < -0.39 is 42.7 Å². The van der Waals surface area contributed by atoms with E-state index in [-0.39, 0.29) is 12.5 Å². The number of amides is 1. The summed E-state index contributed by atoms with van der Waals surface area (Å²) in [6, 6.07) is -0.850. The van der Waals surface area contributed by atoms with Gasteiger partial charge in [0.2, 0.25) is 5.91 Å². The number of methoxy groups -OCH3 is 1. The lowest BCUT2D eigenvalue weighted by Crippen LogP contribution is -2.59. The second-order valence-corrected chi connectivity index (χ2v) is 4.80. The Balaban J connectivity index is 2.53. The van der Waals surface area contributed by atoms with Crippen molar-refractivity contribution in [3.63, 3.8) is 0 Å². The van der Waals surface area contributed by atoms with Gasteiger partial charge in [0.15, 0.2) is 6.29 Å². The summed E-state index contributed by atoms with van der Waals surface area (Å²) in [5.41, 5.74) is 0. The lowest BCUT2D eigenvalue weighted by atomic mass is 9.99. The fourth-order valence-electron chi connectivity index (χ4n) is 1.90. The summed E-state index contributed by atoms with van der Waals surface area (Å²) < 4.78 is 14.9. The van der Waals surface area contributed by atoms with Gasteiger partial charge >= 0.3 is 5.97 Å². The van der Waals surface area contributed by atoms with E-state index in [1.807, 2.05) is 0 Å². The Bertz CT molecular complexity index is 374. The zero-order valence-corrected chi connectivity index (χ0v) is 12.1. The number of aliphatic hydroxyl groups excluding tert-OH is 3. The van der Waals surface area contributed by atoms with Gasteiger partial charge in [0.05, 0.1) is 0 Å². The Morgan fingerprint density at radius 3 is 2.38 bits per heavy atom. The molecule has 1 rings (SSSR count). The second-order valence-electron chi connectivity index (χ2n) is 4.80. The van der Waals surface area contributed by atoms with Crippen molar-refractivity contribution >= 4 is 11.9 Å². The summed E-state index contributed by atoms with van der Waals surface area (Å²) in [6.45, 7) is 2.35. The molecule has 122 valence electrons. The van der Waals surface area contributed by atoms with Gasteiger partial charge in [-0.3, -0.25) is 4.79 Å². The molecule has 9 heteroatoms. The van der Waals surface area contributed by atoms with Crippen LogP contribution in [0.2, 0.25) is 0 Å². The number of aliphatic hydroxyl groups is 3. The van der Waals surface area contributed by atoms with Gasteiger partial charge < -0.3 is 34.8 Å². The maximum atomic E-state index is 11.6. The average molecular weight is 307 g/mol. The van der Waals surface area contributed by atoms with Crippen LogP contribution in [-0.2, 0) is 23.8 Å². The Morgan fingerprint density at radius 2 is 1.86 bits per heavy atom. The lowest BCUT2D eigenvalue weighted by molar-refractivity contribution is -0.295. The average Bonchev–Trinajstić information content (AvgIpc) is 2.43. The molecule has 1 saturated heterocycles. The molecule has 0 aromatic heterocycles. The molecule has 1 fully saturated rings. The number of hydrogen-bond acceptors (Lipinski definition) is 8. The Morgan fingerprint density at radius 1 is 1.24 bits per heavy atom. The molecular weight excluding hydrogens is 286 g/mol. The number of esters is 1. The fourth-order valence-corrected chi connectivity index (χ4v) is 1.90. The predicted octanol–water partition coefficient (Wildman–Crippen LogP) is -2.49. The van der Waals surface area contributed by atoms with Crippen molar-refractivity contribution in [1.29, 1.82) is 0 Å². The molecule has 1 amide bonds. The molecule has 0 aromatic carbocycles. The molecule has 21 heavy (non-hydrogen) atoms. The molecule has 0 unspecified atom stereocenters. The highest BCUT2D eigenvalue weighted by Crippen LogP contribution is 2.21. The highest BCUT2D eigenvalue weighted by molar-refractivity contribution is 5.82. The van der Waals surface area contributed by atoms with Gasteiger partial charge in [0.25, 0.3) is 0 Å². The van der Waals surface area contributed by atoms with Crippen LogP contribution in [-0.4, -0.2) is 77.7 Å². The normalized spacial score (nSPS) is 34.1. The quantitative estimate of drug-likeness (QED) is 0.410. The molecule has 0 bridgehead atoms. The molecule has 0 aromatic rings. The maximum absolute atomic E-state index is 11.6. The number of hydrogen-bond donors (Lipinski definition) is 4. The third-order valence-corrected chi connectivity index (χ3v) is 3.06. The van der Waals surface area contributed by atoms with Crippen molar-refractivity contribution in [3.05, 3.63) is 0 Å². The van der Waals surface area contributed by atoms with Gasteiger partial charge in [-0.1, -0.05) is 0 Å². The standard InChI is InChI=1S/C12H21NO8/c1-5(13-6(2)14)11(18)20-4-7-8(15)9(16)10(17)12(19-3)21-7/h5,7-10,12,15-17H,4H2,1-3H3,(H,13,14)/t5-,7+,8-,9-,10+,12+/m0/s1. The van der Waals surface area contributed by atoms with Gasteiger partial charge in [-0.15, -0.1) is 0 Å². The molecule has 1 aliphatic rings. The first-order valence-electron chi connectivity index (χ1n) is 6.44. The molecular formula is C12H21NO8. The van der Waals surface area contributed by atoms with Gasteiger partial charge in [-0.25, -0.2) is 4.79 Å². The zero-order valence-electron chi connectivity index (χ0n) is 12.1. The Labute approximate surface area is 121 Å². The van der Waals surface area contributed by atoms with Crippen LogP contribution >= 0.6 is 0 Å². The summed E-state index contributed by atoms with van der Waals surface area (Å²) in [4.78, 5) is 22.4. The summed E-state index contributed by atoms with van der Waals surface area (Å²) in [5, 5.41) is 31.3. The van der Waals surface area contributed by atoms with Crippen molar-refractivity contribution < 1.29 is 39.1 Å². The zero-order chi connectivity index (χ0) is 16.2. The van der Waals surface area contributed by atoms with Crippen LogP contribution in [0.25, 0.3) is 0 Å². The summed E-state index contributed by atoms with van der Waals surface area (Å²) in [5.74, 6) is -1.10. The van der Waals surface area contributed by atoms with Gasteiger partial charge in [-0.05, 0) is 6.92 Å². The number of carbonyl (C=O) groups excluding carboxylic acids is 2. The van der Waals surface area contributed by atoms with Crippen LogP contribution in [0, 0.1) is 0 Å². The van der Waals surface area contributed by atoms with Crippen LogP contribution in [0.1, 0.15) is 13.8 Å². The molecule has 0 aliphatic carbocycles. The molecule has 0 radical (unpaired) electrons. The lowest BCUT2D eigenvalue weighted by Gasteiger charge is -2.39. The van der Waals surface area contributed by atoms with Crippen LogP contribution in [0.3, 0.4) is 0 Å². The van der Waals surface area contributed by atoms with Crippen molar-refractivity contribution in [3.8, 4) is 0 Å². The number of rotatable bonds is 5. The number of nitrogens with one attached hydrogen (secondary N) is 1. The van der Waals surface area contributed by atoms with E-state index in [1.165, 1.54) is 21.0 Å². The second kappa shape index (κ2) is 7.66. The SMILES string of the molecule is CO[C@@H]1O[C@H](COC(=O)[C@H](C)NC(C)=O)[C@H](O)[C@H](O)[C@H]1O. The fraction of sp³-hybridized carbons (Fsp3) is 0.833. The van der Waals surface area contributed by atoms with Gasteiger partial charge in [-0.2, -0.15) is 0 Å².